The average Bonchev–Trinajstić information content (AvgIpc) is 2.83. The van der Waals surface area contributed by atoms with Gasteiger partial charge < -0.3 is 15.0 Å². The van der Waals surface area contributed by atoms with Crippen LogP contribution in [0.3, 0.4) is 0 Å². The second-order valence-electron chi connectivity index (χ2n) is 4.75. The van der Waals surface area contributed by atoms with Gasteiger partial charge in [0, 0.05) is 18.8 Å². The first-order chi connectivity index (χ1) is 9.26. The van der Waals surface area contributed by atoms with E-state index < -0.39 is 0 Å². The molecular weight excluding hydrogens is 240 g/mol. The summed E-state index contributed by atoms with van der Waals surface area (Å²) in [6.07, 6.45) is 1.86. The summed E-state index contributed by atoms with van der Waals surface area (Å²) in [5.41, 5.74) is 2.71. The maximum Gasteiger partial charge on any atom is 0.323 e. The van der Waals surface area contributed by atoms with Crippen molar-refractivity contribution in [2.24, 2.45) is 0 Å². The van der Waals surface area contributed by atoms with Gasteiger partial charge in [-0.3, -0.25) is 4.79 Å². The zero-order valence-electron chi connectivity index (χ0n) is 11.7. The molecule has 4 heteroatoms. The minimum Gasteiger partial charge on any atom is -0.465 e. The molecule has 1 N–H and O–H groups in total. The van der Waals surface area contributed by atoms with Crippen LogP contribution in [0.1, 0.15) is 18.9 Å². The molecule has 0 saturated heterocycles. The van der Waals surface area contributed by atoms with Crippen LogP contribution in [0.15, 0.2) is 24.3 Å². The number of hydrogen-bond acceptors (Lipinski definition) is 4. The lowest BCUT2D eigenvalue weighted by Gasteiger charge is -2.22. The van der Waals surface area contributed by atoms with E-state index in [1.54, 1.807) is 7.05 Å². The summed E-state index contributed by atoms with van der Waals surface area (Å²) in [6, 6.07) is 8.26. The third kappa shape index (κ3) is 3.26. The molecule has 1 aliphatic heterocycles. The third-order valence-electron chi connectivity index (χ3n) is 3.59. The molecule has 0 aliphatic carbocycles. The highest BCUT2D eigenvalue weighted by molar-refractivity contribution is 5.75. The minimum atomic E-state index is -0.215. The van der Waals surface area contributed by atoms with Gasteiger partial charge in [0.25, 0.3) is 0 Å². The van der Waals surface area contributed by atoms with Gasteiger partial charge in [-0.1, -0.05) is 18.2 Å². The van der Waals surface area contributed by atoms with Crippen molar-refractivity contribution in [2.75, 3.05) is 31.6 Å². The van der Waals surface area contributed by atoms with Crippen LogP contribution in [0.4, 0.5) is 5.69 Å². The Morgan fingerprint density at radius 1 is 1.47 bits per heavy atom. The summed E-state index contributed by atoms with van der Waals surface area (Å²) in [5, 5.41) is 3.03. The van der Waals surface area contributed by atoms with Crippen LogP contribution in [0.2, 0.25) is 0 Å². The Kier molecular flexibility index (Phi) is 4.80. The number of esters is 1. The molecule has 19 heavy (non-hydrogen) atoms. The highest BCUT2D eigenvalue weighted by Crippen LogP contribution is 2.27. The molecular formula is C15H22N2O2. The molecule has 1 aromatic rings. The molecule has 0 saturated carbocycles. The highest BCUT2D eigenvalue weighted by atomic mass is 16.5. The topological polar surface area (TPSA) is 41.6 Å². The zero-order valence-corrected chi connectivity index (χ0v) is 11.7. The van der Waals surface area contributed by atoms with Crippen molar-refractivity contribution in [2.45, 2.75) is 25.8 Å². The highest BCUT2D eigenvalue weighted by Gasteiger charge is 2.22. The standard InChI is InChI=1S/C15H22N2O2/c1-3-19-15(18)13(16-2)9-11-17-10-8-12-6-4-5-7-14(12)17/h4-7,13,16H,3,8-11H2,1-2H3. The Bertz CT molecular complexity index is 434. The maximum atomic E-state index is 11.7. The van der Waals surface area contributed by atoms with Gasteiger partial charge in [0.1, 0.15) is 6.04 Å². The lowest BCUT2D eigenvalue weighted by atomic mass is 10.1. The molecule has 1 aliphatic rings. The number of carbonyl (C=O) groups excluding carboxylic acids is 1. The number of nitrogens with one attached hydrogen (secondary N) is 1. The average molecular weight is 262 g/mol. The Morgan fingerprint density at radius 2 is 2.26 bits per heavy atom. The molecule has 1 atom stereocenters. The Balaban J connectivity index is 1.91. The number of fused-ring (bicyclic) bond motifs is 1. The number of carbonyl (C=O) groups is 1. The van der Waals surface area contributed by atoms with Crippen molar-refractivity contribution in [1.82, 2.24) is 5.32 Å². The number of benzene rings is 1. The van der Waals surface area contributed by atoms with Crippen LogP contribution in [0, 0.1) is 0 Å². The van der Waals surface area contributed by atoms with Gasteiger partial charge in [-0.05, 0) is 38.4 Å². The number of nitrogens with zero attached hydrogens (tertiary/aromatic N) is 1. The number of hydrogen-bond donors (Lipinski definition) is 1. The molecule has 0 radical (unpaired) electrons. The first-order valence-corrected chi connectivity index (χ1v) is 6.93. The zero-order chi connectivity index (χ0) is 13.7. The number of rotatable bonds is 6. The fourth-order valence-electron chi connectivity index (χ4n) is 2.55. The van der Waals surface area contributed by atoms with Crippen molar-refractivity contribution < 1.29 is 9.53 Å². The predicted molar refractivity (Wildman–Crippen MR) is 76.5 cm³/mol. The summed E-state index contributed by atoms with van der Waals surface area (Å²) < 4.78 is 5.06. The summed E-state index contributed by atoms with van der Waals surface area (Å²) >= 11 is 0. The van der Waals surface area contributed by atoms with Crippen LogP contribution >= 0.6 is 0 Å². The first kappa shape index (κ1) is 13.9. The lowest BCUT2D eigenvalue weighted by Crippen LogP contribution is -2.39. The number of anilines is 1. The fourth-order valence-corrected chi connectivity index (χ4v) is 2.55. The van der Waals surface area contributed by atoms with Gasteiger partial charge in [-0.2, -0.15) is 0 Å². The van der Waals surface area contributed by atoms with Gasteiger partial charge in [0.2, 0.25) is 0 Å². The third-order valence-corrected chi connectivity index (χ3v) is 3.59. The van der Waals surface area contributed by atoms with Gasteiger partial charge in [-0.15, -0.1) is 0 Å². The molecule has 4 nitrogen and oxygen atoms in total. The van der Waals surface area contributed by atoms with Gasteiger partial charge in [0.05, 0.1) is 6.61 Å². The van der Waals surface area contributed by atoms with Crippen molar-refractivity contribution in [1.29, 1.82) is 0 Å². The predicted octanol–water partition coefficient (Wildman–Crippen LogP) is 1.59. The largest absolute Gasteiger partial charge is 0.465 e. The SMILES string of the molecule is CCOC(=O)C(CCN1CCc2ccccc21)NC. The fraction of sp³-hybridized carbons (Fsp3) is 0.533. The van der Waals surface area contributed by atoms with Crippen LogP contribution in [-0.2, 0) is 16.0 Å². The smallest absolute Gasteiger partial charge is 0.323 e. The summed E-state index contributed by atoms with van der Waals surface area (Å²) in [6.45, 7) is 4.19. The van der Waals surface area contributed by atoms with Crippen molar-refractivity contribution in [3.8, 4) is 0 Å². The van der Waals surface area contributed by atoms with Gasteiger partial charge in [-0.25, -0.2) is 0 Å². The summed E-state index contributed by atoms with van der Waals surface area (Å²) in [4.78, 5) is 14.1. The second kappa shape index (κ2) is 6.57. The normalized spacial score (nSPS) is 15.2. The van der Waals surface area contributed by atoms with E-state index in [0.29, 0.717) is 6.61 Å². The maximum absolute atomic E-state index is 11.7. The molecule has 0 aromatic heterocycles. The molecule has 1 unspecified atom stereocenters. The Hall–Kier alpha value is -1.55. The van der Waals surface area contributed by atoms with Crippen LogP contribution < -0.4 is 10.2 Å². The van der Waals surface area contributed by atoms with E-state index in [-0.39, 0.29) is 12.0 Å². The quantitative estimate of drug-likeness (QED) is 0.791. The van der Waals surface area contributed by atoms with Gasteiger partial charge >= 0.3 is 5.97 Å². The second-order valence-corrected chi connectivity index (χ2v) is 4.75. The molecule has 2 rings (SSSR count). The van der Waals surface area contributed by atoms with Crippen molar-refractivity contribution >= 4 is 11.7 Å². The van der Waals surface area contributed by atoms with E-state index in [9.17, 15) is 4.79 Å². The lowest BCUT2D eigenvalue weighted by molar-refractivity contribution is -0.145. The minimum absolute atomic E-state index is 0.155. The number of likely N-dealkylation sites (N-methyl/N-ethyl adjacent to an activating group) is 1. The molecule has 0 bridgehead atoms. The molecule has 0 fully saturated rings. The summed E-state index contributed by atoms with van der Waals surface area (Å²) in [5.74, 6) is -0.155. The molecule has 1 aromatic carbocycles. The van der Waals surface area contributed by atoms with E-state index in [1.165, 1.54) is 11.3 Å². The summed E-state index contributed by atoms with van der Waals surface area (Å²) in [7, 11) is 1.81. The van der Waals surface area contributed by atoms with Crippen LogP contribution in [-0.4, -0.2) is 38.8 Å². The van der Waals surface area contributed by atoms with Crippen LogP contribution in [0.5, 0.6) is 0 Å². The van der Waals surface area contributed by atoms with E-state index in [4.69, 9.17) is 4.74 Å². The Labute approximate surface area is 114 Å². The monoisotopic (exact) mass is 262 g/mol. The number of ether oxygens (including phenoxy) is 1. The van der Waals surface area contributed by atoms with E-state index >= 15 is 0 Å². The molecule has 0 amide bonds. The van der Waals surface area contributed by atoms with Crippen molar-refractivity contribution in [3.63, 3.8) is 0 Å². The first-order valence-electron chi connectivity index (χ1n) is 6.93. The Morgan fingerprint density at radius 3 is 3.00 bits per heavy atom. The van der Waals surface area contributed by atoms with Crippen molar-refractivity contribution in [3.05, 3.63) is 29.8 Å². The van der Waals surface area contributed by atoms with Gasteiger partial charge in [0.15, 0.2) is 0 Å². The molecule has 104 valence electrons. The molecule has 0 spiro atoms. The van der Waals surface area contributed by atoms with E-state index in [0.717, 1.165) is 25.9 Å². The number of para-hydroxylation sites is 1. The van der Waals surface area contributed by atoms with Crippen LogP contribution in [0.25, 0.3) is 0 Å². The molecule has 1 heterocycles. The van der Waals surface area contributed by atoms with E-state index in [1.807, 2.05) is 6.92 Å². The van der Waals surface area contributed by atoms with E-state index in [2.05, 4.69) is 34.5 Å².